The van der Waals surface area contributed by atoms with Crippen molar-refractivity contribution < 1.29 is 9.59 Å². The first-order chi connectivity index (χ1) is 11.5. The summed E-state index contributed by atoms with van der Waals surface area (Å²) in [6.45, 7) is 1.92. The molecule has 0 spiro atoms. The molecule has 2 saturated heterocycles. The van der Waals surface area contributed by atoms with Crippen molar-refractivity contribution in [2.75, 3.05) is 0 Å². The van der Waals surface area contributed by atoms with E-state index in [0.717, 1.165) is 6.42 Å². The molecule has 1 saturated carbocycles. The lowest BCUT2D eigenvalue weighted by Gasteiger charge is -2.36. The highest BCUT2D eigenvalue weighted by molar-refractivity contribution is 8.00. The second-order valence-electron chi connectivity index (χ2n) is 7.21. The molecule has 2 aliphatic heterocycles. The van der Waals surface area contributed by atoms with Crippen LogP contribution in [0.25, 0.3) is 0 Å². The van der Waals surface area contributed by atoms with Crippen molar-refractivity contribution in [2.24, 2.45) is 17.6 Å². The van der Waals surface area contributed by atoms with Crippen molar-refractivity contribution >= 4 is 23.6 Å². The zero-order valence-corrected chi connectivity index (χ0v) is 15.0. The van der Waals surface area contributed by atoms with Crippen LogP contribution in [0, 0.1) is 11.8 Å². The number of nitrogens with two attached hydrogens (primary N) is 1. The van der Waals surface area contributed by atoms with E-state index in [9.17, 15) is 9.59 Å². The summed E-state index contributed by atoms with van der Waals surface area (Å²) in [6, 6.07) is 0.154. The summed E-state index contributed by atoms with van der Waals surface area (Å²) in [7, 11) is 0. The van der Waals surface area contributed by atoms with E-state index in [1.807, 2.05) is 6.92 Å². The second kappa shape index (κ2) is 8.03. The number of hydrazine groups is 1. The minimum Gasteiger partial charge on any atom is -0.352 e. The lowest BCUT2D eigenvalue weighted by molar-refractivity contribution is -0.138. The molecular formula is C16H29N5O2S. The molecule has 0 aromatic heterocycles. The highest BCUT2D eigenvalue weighted by Gasteiger charge is 2.37. The average Bonchev–Trinajstić information content (AvgIpc) is 3.02. The van der Waals surface area contributed by atoms with E-state index in [2.05, 4.69) is 21.5 Å². The van der Waals surface area contributed by atoms with Crippen LogP contribution in [0.5, 0.6) is 0 Å². The highest BCUT2D eigenvalue weighted by Crippen LogP contribution is 2.31. The number of piperidine rings is 1. The number of carbonyl (C=O) groups is 2. The fourth-order valence-electron chi connectivity index (χ4n) is 4.01. The minimum absolute atomic E-state index is 0.00518. The molecule has 6 N–H and O–H groups in total. The van der Waals surface area contributed by atoms with Gasteiger partial charge in [-0.2, -0.15) is 0 Å². The summed E-state index contributed by atoms with van der Waals surface area (Å²) in [4.78, 5) is 24.9. The number of rotatable bonds is 4. The van der Waals surface area contributed by atoms with E-state index >= 15 is 0 Å². The lowest BCUT2D eigenvalue weighted by atomic mass is 9.79. The first kappa shape index (κ1) is 18.0. The van der Waals surface area contributed by atoms with Gasteiger partial charge in [-0.3, -0.25) is 9.59 Å². The molecule has 0 bridgehead atoms. The smallest absolute Gasteiger partial charge is 0.232 e. The van der Waals surface area contributed by atoms with Crippen LogP contribution in [0.15, 0.2) is 0 Å². The van der Waals surface area contributed by atoms with Gasteiger partial charge in [0, 0.05) is 6.04 Å². The maximum atomic E-state index is 12.5. The quantitative estimate of drug-likeness (QED) is 0.467. The van der Waals surface area contributed by atoms with Crippen molar-refractivity contribution in [3.8, 4) is 0 Å². The summed E-state index contributed by atoms with van der Waals surface area (Å²) >= 11 is 1.52. The van der Waals surface area contributed by atoms with Crippen LogP contribution >= 0.6 is 11.8 Å². The molecule has 3 rings (SSSR count). The van der Waals surface area contributed by atoms with E-state index in [0.29, 0.717) is 12.3 Å². The summed E-state index contributed by atoms with van der Waals surface area (Å²) in [6.07, 6.45) is 7.81. The van der Waals surface area contributed by atoms with Crippen molar-refractivity contribution in [2.45, 2.75) is 74.8 Å². The number of amides is 2. The fourth-order valence-corrected chi connectivity index (χ4v) is 4.90. The van der Waals surface area contributed by atoms with E-state index < -0.39 is 5.92 Å². The summed E-state index contributed by atoms with van der Waals surface area (Å²) in [5.74, 6) is -0.258. The second-order valence-corrected chi connectivity index (χ2v) is 8.49. The minimum atomic E-state index is -0.569. The lowest BCUT2D eigenvalue weighted by Crippen LogP contribution is -2.54. The van der Waals surface area contributed by atoms with Crippen LogP contribution in [0.2, 0.25) is 0 Å². The largest absolute Gasteiger partial charge is 0.352 e. The summed E-state index contributed by atoms with van der Waals surface area (Å²) in [5.41, 5.74) is 11.5. The Kier molecular flexibility index (Phi) is 6.02. The summed E-state index contributed by atoms with van der Waals surface area (Å²) in [5, 5.41) is 6.08. The first-order valence-corrected chi connectivity index (χ1v) is 10.0. The Morgan fingerprint density at radius 2 is 1.96 bits per heavy atom. The summed E-state index contributed by atoms with van der Waals surface area (Å²) < 4.78 is 0. The monoisotopic (exact) mass is 355 g/mol. The molecule has 4 unspecified atom stereocenters. The average molecular weight is 356 g/mol. The Labute approximate surface area is 147 Å². The molecule has 2 heterocycles. The van der Waals surface area contributed by atoms with Crippen LogP contribution in [0.1, 0.15) is 51.9 Å². The molecule has 1 aliphatic carbocycles. The van der Waals surface area contributed by atoms with Crippen LogP contribution in [-0.2, 0) is 9.59 Å². The van der Waals surface area contributed by atoms with Crippen molar-refractivity contribution in [3.63, 3.8) is 0 Å². The normalized spacial score (nSPS) is 36.2. The Bertz CT molecular complexity index is 471. The Balaban J connectivity index is 1.48. The number of hydrogen-bond donors (Lipinski definition) is 5. The van der Waals surface area contributed by atoms with Gasteiger partial charge in [0.1, 0.15) is 11.4 Å². The highest BCUT2D eigenvalue weighted by atomic mass is 32.2. The Morgan fingerprint density at radius 1 is 1.21 bits per heavy atom. The Morgan fingerprint density at radius 3 is 2.58 bits per heavy atom. The van der Waals surface area contributed by atoms with Gasteiger partial charge >= 0.3 is 0 Å². The third-order valence-electron chi connectivity index (χ3n) is 5.43. The predicted molar refractivity (Wildman–Crippen MR) is 94.5 cm³/mol. The maximum absolute atomic E-state index is 12.5. The molecule has 3 aliphatic rings. The van der Waals surface area contributed by atoms with Gasteiger partial charge in [0.2, 0.25) is 11.8 Å². The van der Waals surface area contributed by atoms with Crippen LogP contribution in [-0.4, -0.2) is 34.8 Å². The third-order valence-corrected chi connectivity index (χ3v) is 6.66. The van der Waals surface area contributed by atoms with E-state index in [1.54, 1.807) is 0 Å². The first-order valence-electron chi connectivity index (χ1n) is 9.07. The molecule has 3 fully saturated rings. The maximum Gasteiger partial charge on any atom is 0.232 e. The number of thioether (sulfide) groups is 1. The van der Waals surface area contributed by atoms with Gasteiger partial charge in [-0.15, -0.1) is 11.8 Å². The van der Waals surface area contributed by atoms with Crippen molar-refractivity contribution in [1.82, 2.24) is 21.5 Å². The zero-order valence-electron chi connectivity index (χ0n) is 14.2. The van der Waals surface area contributed by atoms with Gasteiger partial charge < -0.3 is 16.4 Å². The SMILES string of the molecule is C[C@H](NC(=O)C1CCC(C2CCCCC2)NC1=O)C1NNC(N)S1. The van der Waals surface area contributed by atoms with Crippen LogP contribution in [0.4, 0.5) is 0 Å². The topological polar surface area (TPSA) is 108 Å². The molecule has 0 radical (unpaired) electrons. The molecule has 7 nitrogen and oxygen atoms in total. The Hall–Kier alpha value is -0.830. The third kappa shape index (κ3) is 4.22. The zero-order chi connectivity index (χ0) is 17.1. The number of nitrogens with one attached hydrogen (secondary N) is 4. The fraction of sp³-hybridized carbons (Fsp3) is 0.875. The van der Waals surface area contributed by atoms with Crippen molar-refractivity contribution in [3.05, 3.63) is 0 Å². The van der Waals surface area contributed by atoms with Gasteiger partial charge in [0.25, 0.3) is 0 Å². The standard InChI is InChI=1S/C16H29N5O2S/c1-9(15-20-21-16(17)24-15)18-13(22)11-7-8-12(19-14(11)23)10-5-3-2-4-6-10/h9-12,15-16,20-21H,2-8,17H2,1H3,(H,18,22)(H,19,23)/t9-,11?,12?,15?,16?/m0/s1. The van der Waals surface area contributed by atoms with E-state index in [1.165, 1.54) is 43.9 Å². The molecule has 136 valence electrons. The molecule has 0 aromatic carbocycles. The number of hydrogen-bond acceptors (Lipinski definition) is 6. The molecule has 8 heteroatoms. The van der Waals surface area contributed by atoms with Crippen LogP contribution < -0.4 is 27.2 Å². The van der Waals surface area contributed by atoms with Crippen LogP contribution in [0.3, 0.4) is 0 Å². The van der Waals surface area contributed by atoms with Crippen molar-refractivity contribution in [1.29, 1.82) is 0 Å². The molecular weight excluding hydrogens is 326 g/mol. The number of carbonyl (C=O) groups excluding carboxylic acids is 2. The molecule has 5 atom stereocenters. The van der Waals surface area contributed by atoms with Gasteiger partial charge in [0.15, 0.2) is 0 Å². The van der Waals surface area contributed by atoms with Gasteiger partial charge in [0.05, 0.1) is 11.4 Å². The predicted octanol–water partition coefficient (Wildman–Crippen LogP) is 0.376. The van der Waals surface area contributed by atoms with E-state index in [-0.39, 0.29) is 34.8 Å². The van der Waals surface area contributed by atoms with Gasteiger partial charge in [-0.05, 0) is 38.5 Å². The molecule has 24 heavy (non-hydrogen) atoms. The van der Waals surface area contributed by atoms with Gasteiger partial charge in [-0.1, -0.05) is 19.3 Å². The molecule has 0 aromatic rings. The van der Waals surface area contributed by atoms with E-state index in [4.69, 9.17) is 5.73 Å². The van der Waals surface area contributed by atoms with Gasteiger partial charge in [-0.25, -0.2) is 10.9 Å². The molecule has 2 amide bonds.